The van der Waals surface area contributed by atoms with Gasteiger partial charge in [0.15, 0.2) is 5.82 Å². The smallest absolute Gasteiger partial charge is 0.244 e. The largest absolute Gasteiger partial charge is 0.338 e. The molecule has 0 saturated carbocycles. The van der Waals surface area contributed by atoms with Gasteiger partial charge in [0.05, 0.1) is 6.04 Å². The summed E-state index contributed by atoms with van der Waals surface area (Å²) in [5.41, 5.74) is 6.20. The Morgan fingerprint density at radius 3 is 2.70 bits per heavy atom. The van der Waals surface area contributed by atoms with Gasteiger partial charge in [-0.2, -0.15) is 4.98 Å². The van der Waals surface area contributed by atoms with Crippen LogP contribution in [0.5, 0.6) is 0 Å². The summed E-state index contributed by atoms with van der Waals surface area (Å²) in [5.74, 6) is 0.329. The Morgan fingerprint density at radius 2 is 2.10 bits per heavy atom. The maximum Gasteiger partial charge on any atom is 0.244 e. The maximum absolute atomic E-state index is 13.7. The lowest BCUT2D eigenvalue weighted by molar-refractivity contribution is 0.252. The monoisotopic (exact) mass is 297 g/mol. The van der Waals surface area contributed by atoms with Crippen LogP contribution in [0.4, 0.5) is 4.39 Å². The van der Waals surface area contributed by atoms with Crippen molar-refractivity contribution in [2.45, 2.75) is 33.2 Å². The quantitative estimate of drug-likeness (QED) is 0.941. The molecule has 1 aromatic carbocycles. The van der Waals surface area contributed by atoms with E-state index in [1.807, 2.05) is 20.8 Å². The first-order valence-corrected chi connectivity index (χ1v) is 6.68. The Morgan fingerprint density at radius 1 is 1.40 bits per heavy atom. The number of hydrogen-bond donors (Lipinski definition) is 1. The third-order valence-electron chi connectivity index (χ3n) is 3.08. The molecule has 20 heavy (non-hydrogen) atoms. The molecule has 2 N–H and O–H groups in total. The van der Waals surface area contributed by atoms with Crippen LogP contribution in [0.1, 0.15) is 44.1 Å². The second-order valence-electron chi connectivity index (χ2n) is 5.77. The van der Waals surface area contributed by atoms with Gasteiger partial charge in [0.2, 0.25) is 5.89 Å². The third kappa shape index (κ3) is 3.16. The lowest BCUT2D eigenvalue weighted by Crippen LogP contribution is -2.26. The molecule has 1 aromatic heterocycles. The van der Waals surface area contributed by atoms with E-state index in [9.17, 15) is 4.39 Å². The topological polar surface area (TPSA) is 64.9 Å². The SMILES string of the molecule is CC(C)(C)[C@@H](N)c1nc(Cc2c(F)cccc2Cl)no1. The van der Waals surface area contributed by atoms with Gasteiger partial charge in [-0.1, -0.05) is 43.6 Å². The molecule has 0 bridgehead atoms. The fourth-order valence-electron chi connectivity index (χ4n) is 1.70. The van der Waals surface area contributed by atoms with E-state index in [1.165, 1.54) is 6.07 Å². The molecule has 0 aliphatic rings. The summed E-state index contributed by atoms with van der Waals surface area (Å²) < 4.78 is 18.8. The van der Waals surface area contributed by atoms with Crippen LogP contribution in [0.25, 0.3) is 0 Å². The minimum absolute atomic E-state index is 0.172. The Labute approximate surface area is 122 Å². The highest BCUT2D eigenvalue weighted by Crippen LogP contribution is 2.29. The molecule has 2 aromatic rings. The minimum Gasteiger partial charge on any atom is -0.338 e. The summed E-state index contributed by atoms with van der Waals surface area (Å²) in [6, 6.07) is 4.16. The molecule has 0 unspecified atom stereocenters. The van der Waals surface area contributed by atoms with Crippen molar-refractivity contribution in [1.29, 1.82) is 0 Å². The zero-order valence-electron chi connectivity index (χ0n) is 11.7. The van der Waals surface area contributed by atoms with Crippen LogP contribution in [0, 0.1) is 11.2 Å². The first-order chi connectivity index (χ1) is 9.29. The van der Waals surface area contributed by atoms with Crippen LogP contribution < -0.4 is 5.73 Å². The van der Waals surface area contributed by atoms with E-state index in [0.717, 1.165) is 0 Å². The predicted octanol–water partition coefficient (Wildman–Crippen LogP) is 3.50. The highest BCUT2D eigenvalue weighted by Gasteiger charge is 2.27. The molecule has 6 heteroatoms. The number of rotatable bonds is 3. The van der Waals surface area contributed by atoms with Crippen molar-refractivity contribution in [1.82, 2.24) is 10.1 Å². The zero-order chi connectivity index (χ0) is 14.9. The average molecular weight is 298 g/mol. The van der Waals surface area contributed by atoms with Gasteiger partial charge in [-0.25, -0.2) is 4.39 Å². The van der Waals surface area contributed by atoms with E-state index in [0.29, 0.717) is 22.3 Å². The molecule has 0 spiro atoms. The summed E-state index contributed by atoms with van der Waals surface area (Å²) in [6.07, 6.45) is 0.172. The van der Waals surface area contributed by atoms with E-state index in [4.69, 9.17) is 21.9 Å². The number of hydrogen-bond acceptors (Lipinski definition) is 4. The van der Waals surface area contributed by atoms with Gasteiger partial charge in [0.25, 0.3) is 0 Å². The summed E-state index contributed by atoms with van der Waals surface area (Å²) in [5, 5.41) is 4.18. The summed E-state index contributed by atoms with van der Waals surface area (Å²) in [6.45, 7) is 5.94. The number of nitrogens with two attached hydrogens (primary N) is 1. The molecule has 1 atom stereocenters. The van der Waals surface area contributed by atoms with Gasteiger partial charge in [0, 0.05) is 17.0 Å². The molecule has 108 valence electrons. The van der Waals surface area contributed by atoms with Gasteiger partial charge < -0.3 is 10.3 Å². The Kier molecular flexibility index (Phi) is 4.11. The van der Waals surface area contributed by atoms with Crippen molar-refractivity contribution in [3.8, 4) is 0 Å². The lowest BCUT2D eigenvalue weighted by atomic mass is 9.87. The minimum atomic E-state index is -0.385. The van der Waals surface area contributed by atoms with Crippen LogP contribution in [-0.4, -0.2) is 10.1 Å². The Hall–Kier alpha value is -1.46. The number of aromatic nitrogens is 2. The summed E-state index contributed by atoms with van der Waals surface area (Å²) in [7, 11) is 0. The van der Waals surface area contributed by atoms with Crippen molar-refractivity contribution in [2.75, 3.05) is 0 Å². The van der Waals surface area contributed by atoms with Crippen LogP contribution in [0.2, 0.25) is 5.02 Å². The summed E-state index contributed by atoms with van der Waals surface area (Å²) >= 11 is 5.97. The normalized spacial score (nSPS) is 13.5. The summed E-state index contributed by atoms with van der Waals surface area (Å²) in [4.78, 5) is 4.23. The molecule has 0 radical (unpaired) electrons. The van der Waals surface area contributed by atoms with E-state index < -0.39 is 0 Å². The van der Waals surface area contributed by atoms with Crippen LogP contribution in [-0.2, 0) is 6.42 Å². The fraction of sp³-hybridized carbons (Fsp3) is 0.429. The number of halogens is 2. The van der Waals surface area contributed by atoms with E-state index in [1.54, 1.807) is 12.1 Å². The first kappa shape index (κ1) is 14.9. The van der Waals surface area contributed by atoms with Crippen molar-refractivity contribution >= 4 is 11.6 Å². The highest BCUT2D eigenvalue weighted by atomic mass is 35.5. The van der Waals surface area contributed by atoms with E-state index >= 15 is 0 Å². The molecule has 1 heterocycles. The predicted molar refractivity (Wildman–Crippen MR) is 74.9 cm³/mol. The molecule has 0 saturated heterocycles. The van der Waals surface area contributed by atoms with Crippen molar-refractivity contribution in [3.05, 3.63) is 46.3 Å². The van der Waals surface area contributed by atoms with Gasteiger partial charge in [0.1, 0.15) is 5.82 Å². The second kappa shape index (κ2) is 5.50. The van der Waals surface area contributed by atoms with Crippen molar-refractivity contribution < 1.29 is 8.91 Å². The number of benzene rings is 1. The molecule has 4 nitrogen and oxygen atoms in total. The molecule has 0 amide bonds. The van der Waals surface area contributed by atoms with Gasteiger partial charge >= 0.3 is 0 Å². The standard InChI is InChI=1S/C14H17ClFN3O/c1-14(2,3)12(17)13-18-11(19-20-13)7-8-9(15)5-4-6-10(8)16/h4-6,12H,7,17H2,1-3H3/t12-/m0/s1. The second-order valence-corrected chi connectivity index (χ2v) is 6.18. The van der Waals surface area contributed by atoms with Crippen molar-refractivity contribution in [3.63, 3.8) is 0 Å². The van der Waals surface area contributed by atoms with Gasteiger partial charge in [-0.15, -0.1) is 0 Å². The van der Waals surface area contributed by atoms with Crippen molar-refractivity contribution in [2.24, 2.45) is 11.1 Å². The Bertz CT molecular complexity index is 586. The number of nitrogens with zero attached hydrogens (tertiary/aromatic N) is 2. The molecular formula is C14H17ClFN3O. The van der Waals surface area contributed by atoms with Gasteiger partial charge in [-0.3, -0.25) is 0 Å². The van der Waals surface area contributed by atoms with Crippen LogP contribution in [0.3, 0.4) is 0 Å². The average Bonchev–Trinajstić information content (AvgIpc) is 2.80. The lowest BCUT2D eigenvalue weighted by Gasteiger charge is -2.23. The van der Waals surface area contributed by atoms with Gasteiger partial charge in [-0.05, 0) is 17.5 Å². The Balaban J connectivity index is 2.22. The first-order valence-electron chi connectivity index (χ1n) is 6.30. The zero-order valence-corrected chi connectivity index (χ0v) is 12.4. The molecule has 2 rings (SSSR count). The maximum atomic E-state index is 13.7. The molecule has 0 aliphatic heterocycles. The van der Waals surface area contributed by atoms with Crippen LogP contribution >= 0.6 is 11.6 Å². The molecular weight excluding hydrogens is 281 g/mol. The molecule has 0 fully saturated rings. The van der Waals surface area contributed by atoms with E-state index in [-0.39, 0.29) is 23.7 Å². The molecule has 0 aliphatic carbocycles. The van der Waals surface area contributed by atoms with E-state index in [2.05, 4.69) is 10.1 Å². The fourth-order valence-corrected chi connectivity index (χ4v) is 1.93. The highest BCUT2D eigenvalue weighted by molar-refractivity contribution is 6.31. The van der Waals surface area contributed by atoms with Crippen LogP contribution in [0.15, 0.2) is 22.7 Å². The third-order valence-corrected chi connectivity index (χ3v) is 3.43.